The molecule has 19 heavy (non-hydrogen) atoms. The number of anilines is 1. The summed E-state index contributed by atoms with van der Waals surface area (Å²) < 4.78 is 21.3. The minimum Gasteiger partial charge on any atom is -0.395 e. The Morgan fingerprint density at radius 3 is 2.95 bits per heavy atom. The lowest BCUT2D eigenvalue weighted by Gasteiger charge is -2.21. The number of amides is 1. The van der Waals surface area contributed by atoms with Gasteiger partial charge in [0, 0.05) is 11.5 Å². The molecule has 0 bridgehead atoms. The summed E-state index contributed by atoms with van der Waals surface area (Å²) in [4.78, 5) is 12.3. The molecule has 0 saturated carbocycles. The normalized spacial score (nSPS) is 19.2. The van der Waals surface area contributed by atoms with Gasteiger partial charge in [-0.1, -0.05) is 11.6 Å². The molecule has 1 atom stereocenters. The van der Waals surface area contributed by atoms with Crippen molar-refractivity contribution in [3.63, 3.8) is 0 Å². The quantitative estimate of drug-likeness (QED) is 0.666. The summed E-state index contributed by atoms with van der Waals surface area (Å²) >= 11 is 6.77. The Balaban J connectivity index is 1.93. The Bertz CT molecular complexity index is 458. The molecule has 1 heterocycles. The van der Waals surface area contributed by atoms with Crippen LogP contribution in [0.4, 0.5) is 10.1 Å². The fraction of sp³-hybridized carbons (Fsp3) is 0.417. The molecule has 1 saturated heterocycles. The maximum atomic E-state index is 13.4. The van der Waals surface area contributed by atoms with E-state index in [-0.39, 0.29) is 16.6 Å². The van der Waals surface area contributed by atoms with Gasteiger partial charge in [0.2, 0.25) is 0 Å². The lowest BCUT2D eigenvalue weighted by atomic mass is 10.1. The molecule has 4 nitrogen and oxygen atoms in total. The molecule has 1 aromatic carbocycles. The Morgan fingerprint density at radius 2 is 2.32 bits per heavy atom. The Hall–Kier alpha value is -0.980. The summed E-state index contributed by atoms with van der Waals surface area (Å²) in [7, 11) is 0. The predicted octanol–water partition coefficient (Wildman–Crippen LogP) is 2.75. The molecule has 1 aromatic rings. The van der Waals surface area contributed by atoms with Gasteiger partial charge in [0.15, 0.2) is 0 Å². The van der Waals surface area contributed by atoms with E-state index in [1.165, 1.54) is 12.1 Å². The third-order valence-corrected chi connectivity index (χ3v) is 3.88. The molecule has 1 aliphatic rings. The van der Waals surface area contributed by atoms with Crippen molar-refractivity contribution in [1.29, 1.82) is 0 Å². The molecule has 0 radical (unpaired) electrons. The van der Waals surface area contributed by atoms with E-state index in [1.807, 2.05) is 0 Å². The van der Waals surface area contributed by atoms with Gasteiger partial charge in [0.25, 0.3) is 5.91 Å². The van der Waals surface area contributed by atoms with E-state index in [2.05, 4.69) is 4.72 Å². The van der Waals surface area contributed by atoms with E-state index in [0.29, 0.717) is 17.9 Å². The second kappa shape index (κ2) is 6.45. The summed E-state index contributed by atoms with van der Waals surface area (Å²) in [5.41, 5.74) is 5.31. The lowest BCUT2D eigenvalue weighted by molar-refractivity contribution is -0.133. The van der Waals surface area contributed by atoms with Gasteiger partial charge in [-0.2, -0.15) is 0 Å². The number of nitrogens with two attached hydrogens (primary N) is 1. The summed E-state index contributed by atoms with van der Waals surface area (Å²) in [6.07, 6.45) is 2.25. The maximum absolute atomic E-state index is 13.4. The van der Waals surface area contributed by atoms with Crippen LogP contribution in [-0.4, -0.2) is 18.6 Å². The third-order valence-electron chi connectivity index (χ3n) is 2.79. The number of halogens is 2. The van der Waals surface area contributed by atoms with Gasteiger partial charge in [0.1, 0.15) is 11.9 Å². The molecule has 7 heteroatoms. The Kier molecular flexibility index (Phi) is 4.90. The zero-order chi connectivity index (χ0) is 13.8. The maximum Gasteiger partial charge on any atom is 0.259 e. The van der Waals surface area contributed by atoms with Crippen LogP contribution in [0.1, 0.15) is 19.3 Å². The van der Waals surface area contributed by atoms with Crippen molar-refractivity contribution in [2.45, 2.75) is 30.3 Å². The zero-order valence-electron chi connectivity index (χ0n) is 10.1. The average Bonchev–Trinajstić information content (AvgIpc) is 2.43. The molecule has 1 fully saturated rings. The molecular formula is C12H14ClFN2O2S. The van der Waals surface area contributed by atoms with Gasteiger partial charge >= 0.3 is 0 Å². The van der Waals surface area contributed by atoms with Crippen LogP contribution in [0.3, 0.4) is 0 Å². The molecule has 1 unspecified atom stereocenters. The highest BCUT2D eigenvalue weighted by Gasteiger charge is 2.22. The topological polar surface area (TPSA) is 64.3 Å². The van der Waals surface area contributed by atoms with Crippen LogP contribution in [0.2, 0.25) is 5.02 Å². The first-order chi connectivity index (χ1) is 9.08. The predicted molar refractivity (Wildman–Crippen MR) is 73.4 cm³/mol. The van der Waals surface area contributed by atoms with Crippen LogP contribution in [0, 0.1) is 5.82 Å². The molecule has 0 spiro atoms. The first kappa shape index (κ1) is 14.4. The first-order valence-corrected chi connectivity index (χ1v) is 7.10. The Morgan fingerprint density at radius 1 is 1.53 bits per heavy atom. The number of carbonyl (C=O) groups is 1. The molecule has 3 N–H and O–H groups in total. The molecule has 104 valence electrons. The fourth-order valence-corrected chi connectivity index (χ4v) is 2.70. The van der Waals surface area contributed by atoms with Crippen LogP contribution >= 0.6 is 23.5 Å². The number of carbonyl (C=O) groups excluding carboxylic acids is 1. The van der Waals surface area contributed by atoms with Crippen molar-refractivity contribution in [2.24, 2.45) is 0 Å². The highest BCUT2D eigenvalue weighted by Crippen LogP contribution is 2.28. The minimum absolute atomic E-state index is 0.0899. The zero-order valence-corrected chi connectivity index (χ0v) is 11.7. The number of nitrogens with one attached hydrogen (secondary N) is 1. The number of hydrogen-bond acceptors (Lipinski definition) is 4. The summed E-state index contributed by atoms with van der Waals surface area (Å²) in [6, 6.07) is 2.74. The van der Waals surface area contributed by atoms with Gasteiger partial charge in [-0.25, -0.2) is 4.39 Å². The van der Waals surface area contributed by atoms with Gasteiger partial charge < -0.3 is 10.5 Å². The highest BCUT2D eigenvalue weighted by atomic mass is 35.5. The second-order valence-corrected chi connectivity index (χ2v) is 5.51. The SMILES string of the molecule is Nc1c(F)cc(SNC(=O)C2CCCCO2)cc1Cl. The lowest BCUT2D eigenvalue weighted by Crippen LogP contribution is -2.35. The van der Waals surface area contributed by atoms with E-state index in [1.54, 1.807) is 0 Å². The molecule has 0 aromatic heterocycles. The fourth-order valence-electron chi connectivity index (χ4n) is 1.74. The van der Waals surface area contributed by atoms with Crippen LogP contribution in [0.25, 0.3) is 0 Å². The first-order valence-electron chi connectivity index (χ1n) is 5.91. The third kappa shape index (κ3) is 3.75. The van der Waals surface area contributed by atoms with Crippen molar-refractivity contribution in [3.8, 4) is 0 Å². The smallest absolute Gasteiger partial charge is 0.259 e. The van der Waals surface area contributed by atoms with E-state index in [4.69, 9.17) is 22.1 Å². The molecular weight excluding hydrogens is 291 g/mol. The van der Waals surface area contributed by atoms with Crippen LogP contribution in [0.5, 0.6) is 0 Å². The monoisotopic (exact) mass is 304 g/mol. The summed E-state index contributed by atoms with van der Waals surface area (Å²) in [5.74, 6) is -0.809. The molecule has 1 aliphatic heterocycles. The van der Waals surface area contributed by atoms with Crippen molar-refractivity contribution >= 4 is 35.1 Å². The number of benzene rings is 1. The van der Waals surface area contributed by atoms with Gasteiger partial charge in [-0.3, -0.25) is 9.52 Å². The van der Waals surface area contributed by atoms with Crippen molar-refractivity contribution in [1.82, 2.24) is 4.72 Å². The summed E-state index contributed by atoms with van der Waals surface area (Å²) in [5, 5.41) is 0.130. The number of rotatable bonds is 3. The molecule has 1 amide bonds. The minimum atomic E-state index is -0.599. The van der Waals surface area contributed by atoms with E-state index in [9.17, 15) is 9.18 Å². The second-order valence-electron chi connectivity index (χ2n) is 4.22. The van der Waals surface area contributed by atoms with Crippen molar-refractivity contribution in [3.05, 3.63) is 23.0 Å². The number of hydrogen-bond donors (Lipinski definition) is 2. The summed E-state index contributed by atoms with van der Waals surface area (Å²) in [6.45, 7) is 0.602. The Labute approximate surface area is 120 Å². The van der Waals surface area contributed by atoms with Crippen LogP contribution < -0.4 is 10.5 Å². The highest BCUT2D eigenvalue weighted by molar-refractivity contribution is 7.98. The van der Waals surface area contributed by atoms with Crippen molar-refractivity contribution in [2.75, 3.05) is 12.3 Å². The van der Waals surface area contributed by atoms with Crippen LogP contribution in [-0.2, 0) is 9.53 Å². The molecule has 2 rings (SSSR count). The average molecular weight is 305 g/mol. The van der Waals surface area contributed by atoms with Gasteiger partial charge in [-0.05, 0) is 43.3 Å². The largest absolute Gasteiger partial charge is 0.395 e. The number of nitrogen functional groups attached to an aromatic ring is 1. The standard InChI is InChI=1S/C12H14ClFN2O2S/c13-8-5-7(6-9(14)11(8)15)19-16-12(17)10-3-1-2-4-18-10/h5-6,10H,1-4,15H2,(H,16,17). The molecule has 0 aliphatic carbocycles. The van der Waals surface area contributed by atoms with E-state index >= 15 is 0 Å². The van der Waals surface area contributed by atoms with E-state index < -0.39 is 11.9 Å². The van der Waals surface area contributed by atoms with Crippen molar-refractivity contribution < 1.29 is 13.9 Å². The number of ether oxygens (including phenoxy) is 1. The van der Waals surface area contributed by atoms with E-state index in [0.717, 1.165) is 24.8 Å². The van der Waals surface area contributed by atoms with Gasteiger partial charge in [0.05, 0.1) is 10.7 Å². The van der Waals surface area contributed by atoms with Crippen LogP contribution in [0.15, 0.2) is 17.0 Å². The van der Waals surface area contributed by atoms with Gasteiger partial charge in [-0.15, -0.1) is 0 Å².